The molecule has 5 heteroatoms. The van der Waals surface area contributed by atoms with E-state index in [-0.39, 0.29) is 0 Å². The summed E-state index contributed by atoms with van der Waals surface area (Å²) in [6, 6.07) is 0. The fraction of sp³-hybridized carbons (Fsp3) is 0.700. The van der Waals surface area contributed by atoms with Crippen molar-refractivity contribution < 1.29 is 9.47 Å². The highest BCUT2D eigenvalue weighted by Crippen LogP contribution is 2.20. The summed E-state index contributed by atoms with van der Waals surface area (Å²) in [5.74, 6) is 0. The van der Waals surface area contributed by atoms with Gasteiger partial charge in [0, 0.05) is 27.4 Å². The predicted octanol–water partition coefficient (Wildman–Crippen LogP) is 2.04. The molecular formula is C10H17BrN2O2. The van der Waals surface area contributed by atoms with Crippen LogP contribution in [0.1, 0.15) is 17.8 Å². The summed E-state index contributed by atoms with van der Waals surface area (Å²) in [7, 11) is 3.62. The molecule has 0 radical (unpaired) electrons. The summed E-state index contributed by atoms with van der Waals surface area (Å²) < 4.78 is 13.3. The molecule has 0 aliphatic heterocycles. The zero-order chi connectivity index (χ0) is 11.3. The van der Waals surface area contributed by atoms with Gasteiger partial charge in [0.25, 0.3) is 0 Å². The molecule has 15 heavy (non-hydrogen) atoms. The summed E-state index contributed by atoms with van der Waals surface area (Å²) in [6.45, 7) is 4.01. The molecule has 0 saturated heterocycles. The van der Waals surface area contributed by atoms with Gasteiger partial charge in [-0.1, -0.05) is 0 Å². The highest BCUT2D eigenvalue weighted by atomic mass is 79.9. The summed E-state index contributed by atoms with van der Waals surface area (Å²) in [4.78, 5) is 0. The van der Waals surface area contributed by atoms with Crippen LogP contribution in [0, 0.1) is 6.92 Å². The minimum Gasteiger partial charge on any atom is -0.385 e. The molecule has 0 amide bonds. The van der Waals surface area contributed by atoms with Gasteiger partial charge in [0.05, 0.1) is 22.5 Å². The van der Waals surface area contributed by atoms with Gasteiger partial charge in [0.1, 0.15) is 0 Å². The fourth-order valence-corrected chi connectivity index (χ4v) is 1.76. The van der Waals surface area contributed by atoms with Crippen molar-refractivity contribution in [3.63, 3.8) is 0 Å². The van der Waals surface area contributed by atoms with Crippen molar-refractivity contribution in [3.8, 4) is 0 Å². The van der Waals surface area contributed by atoms with Gasteiger partial charge < -0.3 is 9.47 Å². The standard InChI is InChI=1S/C10H17BrN2O2/c1-8-10(11)9(13(2)12-8)7-15-6-4-5-14-3/h4-7H2,1-3H3. The normalized spacial score (nSPS) is 10.9. The Bertz CT molecular complexity index is 313. The van der Waals surface area contributed by atoms with Crippen LogP contribution in [0.25, 0.3) is 0 Å². The van der Waals surface area contributed by atoms with Crippen molar-refractivity contribution in [3.05, 3.63) is 15.9 Å². The van der Waals surface area contributed by atoms with Gasteiger partial charge >= 0.3 is 0 Å². The quantitative estimate of drug-likeness (QED) is 0.747. The smallest absolute Gasteiger partial charge is 0.0896 e. The Kier molecular flexibility index (Phi) is 5.28. The lowest BCUT2D eigenvalue weighted by atomic mass is 10.4. The molecule has 0 spiro atoms. The van der Waals surface area contributed by atoms with Gasteiger partial charge in [-0.2, -0.15) is 5.10 Å². The molecule has 0 atom stereocenters. The van der Waals surface area contributed by atoms with Crippen LogP contribution < -0.4 is 0 Å². The van der Waals surface area contributed by atoms with Gasteiger partial charge in [0.15, 0.2) is 0 Å². The highest BCUT2D eigenvalue weighted by molar-refractivity contribution is 9.10. The van der Waals surface area contributed by atoms with Crippen LogP contribution in [0.4, 0.5) is 0 Å². The van der Waals surface area contributed by atoms with E-state index in [1.165, 1.54) is 0 Å². The van der Waals surface area contributed by atoms with Gasteiger partial charge in [0.2, 0.25) is 0 Å². The number of ether oxygens (including phenoxy) is 2. The largest absolute Gasteiger partial charge is 0.385 e. The van der Waals surface area contributed by atoms with Crippen LogP contribution in [0.5, 0.6) is 0 Å². The molecule has 1 heterocycles. The molecule has 1 aromatic heterocycles. The van der Waals surface area contributed by atoms with Crippen LogP contribution in [0.2, 0.25) is 0 Å². The molecular weight excluding hydrogens is 260 g/mol. The van der Waals surface area contributed by atoms with E-state index < -0.39 is 0 Å². The minimum absolute atomic E-state index is 0.585. The SMILES string of the molecule is COCCCOCc1c(Br)c(C)nn1C. The van der Waals surface area contributed by atoms with Crippen LogP contribution in [-0.2, 0) is 23.1 Å². The van der Waals surface area contributed by atoms with Crippen LogP contribution in [0.3, 0.4) is 0 Å². The molecule has 1 aromatic rings. The number of methoxy groups -OCH3 is 1. The molecule has 1 rings (SSSR count). The Labute approximate surface area is 98.7 Å². The average molecular weight is 277 g/mol. The Morgan fingerprint density at radius 2 is 2.13 bits per heavy atom. The van der Waals surface area contributed by atoms with Crippen molar-refractivity contribution >= 4 is 15.9 Å². The van der Waals surface area contributed by atoms with E-state index in [9.17, 15) is 0 Å². The summed E-state index contributed by atoms with van der Waals surface area (Å²) >= 11 is 3.50. The maximum absolute atomic E-state index is 5.53. The number of halogens is 1. The van der Waals surface area contributed by atoms with E-state index in [4.69, 9.17) is 9.47 Å². The molecule has 0 aromatic carbocycles. The first kappa shape index (κ1) is 12.7. The molecule has 4 nitrogen and oxygen atoms in total. The van der Waals surface area contributed by atoms with Crippen molar-refractivity contribution in [1.82, 2.24) is 9.78 Å². The highest BCUT2D eigenvalue weighted by Gasteiger charge is 2.09. The first-order valence-electron chi connectivity index (χ1n) is 4.91. The number of nitrogens with zero attached hydrogens (tertiary/aromatic N) is 2. The van der Waals surface area contributed by atoms with E-state index in [1.54, 1.807) is 7.11 Å². The Morgan fingerprint density at radius 1 is 1.40 bits per heavy atom. The lowest BCUT2D eigenvalue weighted by Crippen LogP contribution is -2.04. The van der Waals surface area contributed by atoms with Gasteiger partial charge in [-0.05, 0) is 29.3 Å². The fourth-order valence-electron chi connectivity index (χ4n) is 1.31. The Balaban J connectivity index is 2.37. The first-order chi connectivity index (χ1) is 7.16. The second-order valence-corrected chi connectivity index (χ2v) is 4.16. The first-order valence-corrected chi connectivity index (χ1v) is 5.70. The number of aryl methyl sites for hydroxylation is 2. The second-order valence-electron chi connectivity index (χ2n) is 3.37. The monoisotopic (exact) mass is 276 g/mol. The average Bonchev–Trinajstić information content (AvgIpc) is 2.44. The van der Waals surface area contributed by atoms with Gasteiger partial charge in [-0.25, -0.2) is 0 Å². The number of hydrogen-bond acceptors (Lipinski definition) is 3. The third-order valence-corrected chi connectivity index (χ3v) is 3.17. The van der Waals surface area contributed by atoms with Crippen LogP contribution in [-0.4, -0.2) is 30.1 Å². The van der Waals surface area contributed by atoms with E-state index in [0.29, 0.717) is 13.2 Å². The number of rotatable bonds is 6. The van der Waals surface area contributed by atoms with E-state index >= 15 is 0 Å². The molecule has 86 valence electrons. The maximum atomic E-state index is 5.53. The molecule has 0 bridgehead atoms. The third-order valence-electron chi connectivity index (χ3n) is 2.14. The summed E-state index contributed by atoms with van der Waals surface area (Å²) in [6.07, 6.45) is 0.922. The summed E-state index contributed by atoms with van der Waals surface area (Å²) in [5, 5.41) is 4.29. The molecule has 0 fully saturated rings. The van der Waals surface area contributed by atoms with E-state index in [0.717, 1.165) is 28.9 Å². The third kappa shape index (κ3) is 3.59. The lowest BCUT2D eigenvalue weighted by molar-refractivity contribution is 0.0890. The molecule has 0 unspecified atom stereocenters. The second kappa shape index (κ2) is 6.25. The van der Waals surface area contributed by atoms with Gasteiger partial charge in [-0.15, -0.1) is 0 Å². The van der Waals surface area contributed by atoms with Crippen molar-refractivity contribution in [2.75, 3.05) is 20.3 Å². The predicted molar refractivity (Wildman–Crippen MR) is 61.8 cm³/mol. The zero-order valence-electron chi connectivity index (χ0n) is 9.42. The topological polar surface area (TPSA) is 36.3 Å². The van der Waals surface area contributed by atoms with Gasteiger partial charge in [-0.3, -0.25) is 4.68 Å². The maximum Gasteiger partial charge on any atom is 0.0896 e. The Hall–Kier alpha value is -0.390. The van der Waals surface area contributed by atoms with E-state index in [2.05, 4.69) is 21.0 Å². The zero-order valence-corrected chi connectivity index (χ0v) is 11.0. The molecule has 0 aliphatic rings. The number of aromatic nitrogens is 2. The Morgan fingerprint density at radius 3 is 2.67 bits per heavy atom. The molecule has 0 aliphatic carbocycles. The van der Waals surface area contributed by atoms with Crippen LogP contribution in [0.15, 0.2) is 4.47 Å². The van der Waals surface area contributed by atoms with Crippen molar-refractivity contribution in [1.29, 1.82) is 0 Å². The van der Waals surface area contributed by atoms with Crippen molar-refractivity contribution in [2.45, 2.75) is 20.0 Å². The summed E-state index contributed by atoms with van der Waals surface area (Å²) in [5.41, 5.74) is 2.07. The van der Waals surface area contributed by atoms with Crippen LogP contribution >= 0.6 is 15.9 Å². The minimum atomic E-state index is 0.585. The lowest BCUT2D eigenvalue weighted by Gasteiger charge is -2.04. The molecule has 0 saturated carbocycles. The number of hydrogen-bond donors (Lipinski definition) is 0. The van der Waals surface area contributed by atoms with E-state index in [1.807, 2.05) is 18.7 Å². The molecule has 0 N–H and O–H groups in total. The van der Waals surface area contributed by atoms with Crippen molar-refractivity contribution in [2.24, 2.45) is 7.05 Å².